The summed E-state index contributed by atoms with van der Waals surface area (Å²) in [7, 11) is 0. The van der Waals surface area contributed by atoms with E-state index in [1.807, 2.05) is 36.4 Å². The molecular formula is C26H23ClN2O3. The van der Waals surface area contributed by atoms with Gasteiger partial charge in [-0.3, -0.25) is 0 Å². The lowest BCUT2D eigenvalue weighted by molar-refractivity contribution is -0.0190. The minimum absolute atomic E-state index is 0.0487. The number of hydrazone groups is 1. The van der Waals surface area contributed by atoms with Crippen LogP contribution in [0.5, 0.6) is 17.2 Å². The van der Waals surface area contributed by atoms with E-state index in [4.69, 9.17) is 30.9 Å². The van der Waals surface area contributed by atoms with Gasteiger partial charge >= 0.3 is 0 Å². The van der Waals surface area contributed by atoms with Crippen molar-refractivity contribution in [1.82, 2.24) is 5.01 Å². The predicted molar refractivity (Wildman–Crippen MR) is 124 cm³/mol. The molecule has 0 amide bonds. The molecule has 0 aromatic heterocycles. The molecule has 162 valence electrons. The SMILES string of the molecule is CC(C)c1ccc([C@H]2Oc3ccc(Cl)cc3[C@H]3CC(c4ccc5c(c4)OCO5)=NN32)cc1. The maximum absolute atomic E-state index is 6.46. The van der Waals surface area contributed by atoms with Crippen molar-refractivity contribution in [2.45, 2.75) is 38.5 Å². The van der Waals surface area contributed by atoms with Crippen LogP contribution in [-0.2, 0) is 0 Å². The van der Waals surface area contributed by atoms with Gasteiger partial charge in [-0.1, -0.05) is 49.7 Å². The third-order valence-electron chi connectivity index (χ3n) is 6.35. The summed E-state index contributed by atoms with van der Waals surface area (Å²) in [6.45, 7) is 4.66. The summed E-state index contributed by atoms with van der Waals surface area (Å²) in [6, 6.07) is 20.5. The van der Waals surface area contributed by atoms with Gasteiger partial charge in [0.1, 0.15) is 5.75 Å². The minimum atomic E-state index is -0.304. The highest BCUT2D eigenvalue weighted by Crippen LogP contribution is 2.48. The van der Waals surface area contributed by atoms with Crippen LogP contribution in [-0.4, -0.2) is 17.5 Å². The second kappa shape index (κ2) is 7.45. The van der Waals surface area contributed by atoms with Gasteiger partial charge in [0.05, 0.1) is 11.8 Å². The van der Waals surface area contributed by atoms with Crippen LogP contribution in [0.3, 0.4) is 0 Å². The molecule has 0 fully saturated rings. The maximum atomic E-state index is 6.46. The summed E-state index contributed by atoms with van der Waals surface area (Å²) in [5.74, 6) is 2.87. The second-order valence-corrected chi connectivity index (χ2v) is 9.12. The second-order valence-electron chi connectivity index (χ2n) is 8.69. The van der Waals surface area contributed by atoms with E-state index in [9.17, 15) is 0 Å². The van der Waals surface area contributed by atoms with E-state index in [1.165, 1.54) is 5.56 Å². The molecule has 0 radical (unpaired) electrons. The molecule has 0 bridgehead atoms. The van der Waals surface area contributed by atoms with E-state index in [-0.39, 0.29) is 19.1 Å². The first-order chi connectivity index (χ1) is 15.6. The highest BCUT2D eigenvalue weighted by molar-refractivity contribution is 6.30. The van der Waals surface area contributed by atoms with Crippen molar-refractivity contribution >= 4 is 17.3 Å². The summed E-state index contributed by atoms with van der Waals surface area (Å²) in [5.41, 5.74) is 5.47. The van der Waals surface area contributed by atoms with Crippen LogP contribution in [0, 0.1) is 0 Å². The van der Waals surface area contributed by atoms with Crippen molar-refractivity contribution in [1.29, 1.82) is 0 Å². The van der Waals surface area contributed by atoms with Crippen molar-refractivity contribution in [3.8, 4) is 17.2 Å². The highest BCUT2D eigenvalue weighted by Gasteiger charge is 2.41. The van der Waals surface area contributed by atoms with Crippen LogP contribution < -0.4 is 14.2 Å². The summed E-state index contributed by atoms with van der Waals surface area (Å²) >= 11 is 6.34. The quantitative estimate of drug-likeness (QED) is 0.464. The van der Waals surface area contributed by atoms with Crippen LogP contribution >= 0.6 is 11.6 Å². The number of fused-ring (bicyclic) bond motifs is 4. The number of ether oxygens (including phenoxy) is 3. The Bertz CT molecular complexity index is 1220. The fourth-order valence-electron chi connectivity index (χ4n) is 4.57. The molecule has 3 aromatic rings. The molecule has 5 nitrogen and oxygen atoms in total. The summed E-state index contributed by atoms with van der Waals surface area (Å²) < 4.78 is 17.5. The molecule has 0 unspecified atom stereocenters. The molecule has 0 aliphatic carbocycles. The number of hydrogen-bond acceptors (Lipinski definition) is 5. The molecule has 3 aliphatic rings. The van der Waals surface area contributed by atoms with Gasteiger partial charge in [-0.05, 0) is 47.9 Å². The van der Waals surface area contributed by atoms with Crippen molar-refractivity contribution in [2.75, 3.05) is 6.79 Å². The lowest BCUT2D eigenvalue weighted by Gasteiger charge is -2.38. The average molecular weight is 447 g/mol. The zero-order valence-electron chi connectivity index (χ0n) is 17.9. The number of benzene rings is 3. The summed E-state index contributed by atoms with van der Waals surface area (Å²) in [5, 5.41) is 7.81. The van der Waals surface area contributed by atoms with Gasteiger partial charge in [0.25, 0.3) is 0 Å². The lowest BCUT2D eigenvalue weighted by atomic mass is 9.95. The molecule has 3 aliphatic heterocycles. The maximum Gasteiger partial charge on any atom is 0.231 e. The molecule has 32 heavy (non-hydrogen) atoms. The van der Waals surface area contributed by atoms with Crippen LogP contribution in [0.15, 0.2) is 65.8 Å². The molecule has 3 heterocycles. The van der Waals surface area contributed by atoms with Gasteiger partial charge in [0.15, 0.2) is 11.5 Å². The van der Waals surface area contributed by atoms with Gasteiger partial charge in [0, 0.05) is 28.1 Å². The summed E-state index contributed by atoms with van der Waals surface area (Å²) in [6.07, 6.45) is 0.457. The van der Waals surface area contributed by atoms with Crippen LogP contribution in [0.2, 0.25) is 5.02 Å². The van der Waals surface area contributed by atoms with E-state index >= 15 is 0 Å². The van der Waals surface area contributed by atoms with Crippen LogP contribution in [0.1, 0.15) is 60.7 Å². The van der Waals surface area contributed by atoms with E-state index in [1.54, 1.807) is 0 Å². The minimum Gasteiger partial charge on any atom is -0.464 e. The average Bonchev–Trinajstić information content (AvgIpc) is 3.45. The van der Waals surface area contributed by atoms with Crippen molar-refractivity contribution < 1.29 is 14.2 Å². The first-order valence-electron chi connectivity index (χ1n) is 10.9. The zero-order valence-corrected chi connectivity index (χ0v) is 18.7. The Hall–Kier alpha value is -3.18. The summed E-state index contributed by atoms with van der Waals surface area (Å²) in [4.78, 5) is 0. The molecular weight excluding hydrogens is 424 g/mol. The first kappa shape index (κ1) is 19.5. The monoisotopic (exact) mass is 446 g/mol. The number of rotatable bonds is 3. The molecule has 0 saturated carbocycles. The Morgan fingerprint density at radius 3 is 2.53 bits per heavy atom. The third kappa shape index (κ3) is 3.19. The Labute approximate surface area is 192 Å². The molecule has 3 aromatic carbocycles. The van der Waals surface area contributed by atoms with Crippen LogP contribution in [0.25, 0.3) is 0 Å². The number of hydrogen-bond donors (Lipinski definition) is 0. The predicted octanol–water partition coefficient (Wildman–Crippen LogP) is 6.43. The van der Waals surface area contributed by atoms with Gasteiger partial charge in [-0.15, -0.1) is 0 Å². The smallest absolute Gasteiger partial charge is 0.231 e. The Balaban J connectivity index is 1.41. The topological polar surface area (TPSA) is 43.3 Å². The Kier molecular flexibility index (Phi) is 4.54. The third-order valence-corrected chi connectivity index (χ3v) is 6.58. The fraction of sp³-hybridized carbons (Fsp3) is 0.269. The fourth-order valence-corrected chi connectivity index (χ4v) is 4.75. The van der Waals surface area contributed by atoms with Gasteiger partial charge < -0.3 is 14.2 Å². The number of halogens is 1. The Morgan fingerprint density at radius 1 is 0.938 bits per heavy atom. The Morgan fingerprint density at radius 2 is 1.72 bits per heavy atom. The zero-order chi connectivity index (χ0) is 21.8. The molecule has 0 N–H and O–H groups in total. The first-order valence-corrected chi connectivity index (χ1v) is 11.3. The van der Waals surface area contributed by atoms with Gasteiger partial charge in [-0.2, -0.15) is 5.10 Å². The van der Waals surface area contributed by atoms with E-state index in [0.29, 0.717) is 10.9 Å². The number of nitrogens with zero attached hydrogens (tertiary/aromatic N) is 2. The largest absolute Gasteiger partial charge is 0.464 e. The van der Waals surface area contributed by atoms with E-state index < -0.39 is 0 Å². The van der Waals surface area contributed by atoms with Crippen molar-refractivity contribution in [3.63, 3.8) is 0 Å². The van der Waals surface area contributed by atoms with Crippen molar-refractivity contribution in [2.24, 2.45) is 5.10 Å². The molecule has 0 saturated heterocycles. The van der Waals surface area contributed by atoms with Gasteiger partial charge in [0.2, 0.25) is 13.0 Å². The highest BCUT2D eigenvalue weighted by atomic mass is 35.5. The van der Waals surface area contributed by atoms with E-state index in [0.717, 1.165) is 46.1 Å². The van der Waals surface area contributed by atoms with Gasteiger partial charge in [-0.25, -0.2) is 5.01 Å². The molecule has 2 atom stereocenters. The molecule has 6 rings (SSSR count). The molecule has 0 spiro atoms. The molecule has 6 heteroatoms. The lowest BCUT2D eigenvalue weighted by Crippen LogP contribution is -2.33. The standard InChI is InChI=1S/C26H23ClN2O3/c1-15(2)16-3-5-17(6-4-16)26-29-22(20-12-19(27)8-10-23(20)32-26)13-21(28-29)18-7-9-24-25(11-18)31-14-30-24/h3-12,15,22,26H,13-14H2,1-2H3/t22-,26-/m1/s1. The van der Waals surface area contributed by atoms with Crippen molar-refractivity contribution in [3.05, 3.63) is 87.9 Å². The van der Waals surface area contributed by atoms with Crippen LogP contribution in [0.4, 0.5) is 0 Å². The normalized spacial score (nSPS) is 20.6. The van der Waals surface area contributed by atoms with E-state index in [2.05, 4.69) is 43.1 Å².